The molecule has 2 aliphatic heterocycles. The van der Waals surface area contributed by atoms with Gasteiger partial charge in [0.2, 0.25) is 5.95 Å². The summed E-state index contributed by atoms with van der Waals surface area (Å²) in [6.45, 7) is 5.59. The predicted octanol–water partition coefficient (Wildman–Crippen LogP) is 3.03. The second-order valence-corrected chi connectivity index (χ2v) is 7.45. The topological polar surface area (TPSA) is 65.7 Å². The van der Waals surface area contributed by atoms with Gasteiger partial charge >= 0.3 is 0 Å². The lowest BCUT2D eigenvalue weighted by molar-refractivity contribution is 0.0714. The molecule has 148 valence electrons. The first-order valence-corrected chi connectivity index (χ1v) is 9.98. The van der Waals surface area contributed by atoms with E-state index < -0.39 is 0 Å². The molecule has 0 saturated carbocycles. The van der Waals surface area contributed by atoms with Crippen LogP contribution in [0.15, 0.2) is 53.1 Å². The Kier molecular flexibility index (Phi) is 4.42. The van der Waals surface area contributed by atoms with Crippen LogP contribution in [0.1, 0.15) is 21.8 Å². The number of nitrogens with zero attached hydrogens (tertiary/aromatic N) is 5. The summed E-state index contributed by atoms with van der Waals surface area (Å²) in [6, 6.07) is 14.0. The number of rotatable bonds is 3. The van der Waals surface area contributed by atoms with Gasteiger partial charge in [0.05, 0.1) is 6.26 Å². The lowest BCUT2D eigenvalue weighted by Crippen LogP contribution is -2.49. The Labute approximate surface area is 169 Å². The van der Waals surface area contributed by atoms with E-state index in [1.165, 1.54) is 17.5 Å². The van der Waals surface area contributed by atoms with E-state index >= 15 is 0 Å². The summed E-state index contributed by atoms with van der Waals surface area (Å²) in [4.78, 5) is 28.3. The third-order valence-corrected chi connectivity index (χ3v) is 5.57. The predicted molar refractivity (Wildman–Crippen MR) is 111 cm³/mol. The van der Waals surface area contributed by atoms with Crippen LogP contribution in [0.25, 0.3) is 0 Å². The van der Waals surface area contributed by atoms with Gasteiger partial charge < -0.3 is 19.1 Å². The SMILES string of the molecule is Cc1cc(N2CCc3ccccc32)nc(N2CCN(C(=O)c3ccco3)CC2)n1. The Hall–Kier alpha value is -3.35. The standard InChI is InChI=1S/C22H23N5O2/c1-16-15-20(27-9-8-17-5-2-3-6-18(17)27)24-22(23-16)26-12-10-25(11-13-26)21(28)19-7-4-14-29-19/h2-7,14-15H,8-13H2,1H3. The van der Waals surface area contributed by atoms with Crippen LogP contribution in [-0.4, -0.2) is 53.5 Å². The Bertz CT molecular complexity index is 1030. The number of hydrogen-bond donors (Lipinski definition) is 0. The minimum atomic E-state index is -0.0610. The Morgan fingerprint density at radius 1 is 1.00 bits per heavy atom. The van der Waals surface area contributed by atoms with Crippen molar-refractivity contribution < 1.29 is 9.21 Å². The number of fused-ring (bicyclic) bond motifs is 1. The van der Waals surface area contributed by atoms with Gasteiger partial charge in [-0.15, -0.1) is 0 Å². The van der Waals surface area contributed by atoms with Gasteiger partial charge in [-0.2, -0.15) is 4.98 Å². The lowest BCUT2D eigenvalue weighted by atomic mass is 10.2. The molecule has 0 bridgehead atoms. The number of carbonyl (C=O) groups excluding carboxylic acids is 1. The van der Waals surface area contributed by atoms with Crippen molar-refractivity contribution in [3.8, 4) is 0 Å². The van der Waals surface area contributed by atoms with Crippen molar-refractivity contribution in [2.75, 3.05) is 42.5 Å². The van der Waals surface area contributed by atoms with E-state index in [0.717, 1.165) is 30.4 Å². The van der Waals surface area contributed by atoms with Crippen molar-refractivity contribution in [3.05, 3.63) is 65.7 Å². The first-order valence-electron chi connectivity index (χ1n) is 9.98. The maximum Gasteiger partial charge on any atom is 0.289 e. The Morgan fingerprint density at radius 3 is 2.62 bits per heavy atom. The van der Waals surface area contributed by atoms with Crippen LogP contribution in [-0.2, 0) is 6.42 Å². The smallest absolute Gasteiger partial charge is 0.289 e. The highest BCUT2D eigenvalue weighted by Crippen LogP contribution is 2.34. The van der Waals surface area contributed by atoms with Crippen LogP contribution < -0.4 is 9.80 Å². The van der Waals surface area contributed by atoms with Crippen LogP contribution in [0.4, 0.5) is 17.5 Å². The number of aromatic nitrogens is 2. The maximum atomic E-state index is 12.5. The van der Waals surface area contributed by atoms with Gasteiger partial charge in [-0.05, 0) is 37.1 Å². The molecule has 0 atom stereocenters. The molecule has 29 heavy (non-hydrogen) atoms. The van der Waals surface area contributed by atoms with E-state index in [-0.39, 0.29) is 5.91 Å². The zero-order chi connectivity index (χ0) is 19.8. The van der Waals surface area contributed by atoms with Gasteiger partial charge in [-0.3, -0.25) is 4.79 Å². The van der Waals surface area contributed by atoms with Gasteiger partial charge in [-0.1, -0.05) is 18.2 Å². The molecule has 5 rings (SSSR count). The number of hydrogen-bond acceptors (Lipinski definition) is 6. The van der Waals surface area contributed by atoms with Crippen molar-refractivity contribution in [1.29, 1.82) is 0 Å². The highest BCUT2D eigenvalue weighted by molar-refractivity contribution is 5.91. The zero-order valence-corrected chi connectivity index (χ0v) is 16.4. The molecule has 1 fully saturated rings. The van der Waals surface area contributed by atoms with Crippen LogP contribution in [0, 0.1) is 6.92 Å². The number of amides is 1. The number of furan rings is 1. The lowest BCUT2D eigenvalue weighted by Gasteiger charge is -2.34. The normalized spacial score (nSPS) is 16.2. The van der Waals surface area contributed by atoms with Crippen molar-refractivity contribution in [2.24, 2.45) is 0 Å². The van der Waals surface area contributed by atoms with Gasteiger partial charge in [-0.25, -0.2) is 4.98 Å². The molecular weight excluding hydrogens is 366 g/mol. The zero-order valence-electron chi connectivity index (χ0n) is 16.4. The first-order chi connectivity index (χ1) is 14.2. The molecule has 7 heteroatoms. The summed E-state index contributed by atoms with van der Waals surface area (Å²) in [5.74, 6) is 2.00. The molecule has 0 aliphatic carbocycles. The number of benzene rings is 1. The number of piperazine rings is 1. The molecule has 4 heterocycles. The average Bonchev–Trinajstić information content (AvgIpc) is 3.43. The summed E-state index contributed by atoms with van der Waals surface area (Å²) in [7, 11) is 0. The van der Waals surface area contributed by atoms with Gasteiger partial charge in [0.25, 0.3) is 5.91 Å². The Morgan fingerprint density at radius 2 is 1.83 bits per heavy atom. The second kappa shape index (κ2) is 7.24. The summed E-state index contributed by atoms with van der Waals surface area (Å²) >= 11 is 0. The molecule has 3 aromatic rings. The Balaban J connectivity index is 1.33. The molecule has 7 nitrogen and oxygen atoms in total. The number of carbonyl (C=O) groups is 1. The summed E-state index contributed by atoms with van der Waals surface area (Å²) < 4.78 is 5.24. The largest absolute Gasteiger partial charge is 0.459 e. The summed E-state index contributed by atoms with van der Waals surface area (Å²) in [6.07, 6.45) is 2.56. The second-order valence-electron chi connectivity index (χ2n) is 7.45. The van der Waals surface area contributed by atoms with Gasteiger partial charge in [0.15, 0.2) is 5.76 Å². The highest BCUT2D eigenvalue weighted by atomic mass is 16.3. The van der Waals surface area contributed by atoms with E-state index in [0.29, 0.717) is 31.9 Å². The molecular formula is C22H23N5O2. The molecule has 0 unspecified atom stereocenters. The van der Waals surface area contributed by atoms with Crippen LogP contribution >= 0.6 is 0 Å². The van der Waals surface area contributed by atoms with E-state index in [1.54, 1.807) is 12.1 Å². The molecule has 1 amide bonds. The fourth-order valence-electron chi connectivity index (χ4n) is 4.06. The van der Waals surface area contributed by atoms with Gasteiger partial charge in [0.1, 0.15) is 5.82 Å². The van der Waals surface area contributed by atoms with Crippen molar-refractivity contribution in [3.63, 3.8) is 0 Å². The molecule has 1 saturated heterocycles. The van der Waals surface area contributed by atoms with E-state index in [2.05, 4.69) is 39.0 Å². The van der Waals surface area contributed by atoms with E-state index in [1.807, 2.05) is 17.9 Å². The van der Waals surface area contributed by atoms with Gasteiger partial charge in [0, 0.05) is 50.2 Å². The third-order valence-electron chi connectivity index (χ3n) is 5.57. The molecule has 0 N–H and O–H groups in total. The number of para-hydroxylation sites is 1. The van der Waals surface area contributed by atoms with Crippen molar-refractivity contribution >= 4 is 23.4 Å². The van der Waals surface area contributed by atoms with Crippen LogP contribution in [0.3, 0.4) is 0 Å². The number of anilines is 3. The molecule has 1 aromatic carbocycles. The molecule has 2 aliphatic rings. The fraction of sp³-hybridized carbons (Fsp3) is 0.318. The molecule has 0 spiro atoms. The number of aryl methyl sites for hydroxylation is 1. The first kappa shape index (κ1) is 17.7. The van der Waals surface area contributed by atoms with E-state index in [9.17, 15) is 4.79 Å². The van der Waals surface area contributed by atoms with Crippen molar-refractivity contribution in [1.82, 2.24) is 14.9 Å². The monoisotopic (exact) mass is 389 g/mol. The van der Waals surface area contributed by atoms with Crippen LogP contribution in [0.5, 0.6) is 0 Å². The van der Waals surface area contributed by atoms with Crippen molar-refractivity contribution in [2.45, 2.75) is 13.3 Å². The third kappa shape index (κ3) is 3.33. The molecule has 2 aromatic heterocycles. The van der Waals surface area contributed by atoms with Crippen LogP contribution in [0.2, 0.25) is 0 Å². The summed E-state index contributed by atoms with van der Waals surface area (Å²) in [5.41, 5.74) is 3.53. The summed E-state index contributed by atoms with van der Waals surface area (Å²) in [5, 5.41) is 0. The van der Waals surface area contributed by atoms with E-state index in [4.69, 9.17) is 9.40 Å². The minimum absolute atomic E-state index is 0.0610. The maximum absolute atomic E-state index is 12.5. The highest BCUT2D eigenvalue weighted by Gasteiger charge is 2.26. The fourth-order valence-corrected chi connectivity index (χ4v) is 4.06. The quantitative estimate of drug-likeness (QED) is 0.686. The molecule has 0 radical (unpaired) electrons. The minimum Gasteiger partial charge on any atom is -0.459 e. The average molecular weight is 389 g/mol.